The van der Waals surface area contributed by atoms with Gasteiger partial charge in [0.2, 0.25) is 0 Å². The molecule has 0 amide bonds. The fraction of sp³-hybridized carbons (Fsp3) is 0.294. The molecule has 1 unspecified atom stereocenters. The first-order valence-electron chi connectivity index (χ1n) is 7.55. The molecule has 0 saturated heterocycles. The Morgan fingerprint density at radius 1 is 1.22 bits per heavy atom. The Hall–Kier alpha value is -0.516. The molecule has 6 radical (unpaired) electrons. The van der Waals surface area contributed by atoms with Crippen LogP contribution in [-0.2, 0) is 6.54 Å². The summed E-state index contributed by atoms with van der Waals surface area (Å²) in [6.45, 7) is 4.84. The van der Waals surface area contributed by atoms with E-state index < -0.39 is 0 Å². The van der Waals surface area contributed by atoms with E-state index >= 15 is 0 Å². The van der Waals surface area contributed by atoms with E-state index in [0.717, 1.165) is 75.2 Å². The van der Waals surface area contributed by atoms with Gasteiger partial charge in [0, 0.05) is 0 Å². The first-order valence-corrected chi connectivity index (χ1v) is 11.7. The van der Waals surface area contributed by atoms with Crippen molar-refractivity contribution in [2.45, 2.75) is 24.0 Å². The van der Waals surface area contributed by atoms with Crippen molar-refractivity contribution in [3.05, 3.63) is 53.9 Å². The minimum atomic E-state index is 0.443. The molecule has 116 valence electrons. The molecule has 1 aromatic heterocycles. The Morgan fingerprint density at radius 2 is 2.00 bits per heavy atom. The number of methoxy groups -OCH3 is 1. The number of ether oxygens (including phenoxy) is 1. The summed E-state index contributed by atoms with van der Waals surface area (Å²) in [6.07, 6.45) is 1.85. The molecule has 23 heavy (non-hydrogen) atoms. The fourth-order valence-corrected chi connectivity index (χ4v) is 7.29. The van der Waals surface area contributed by atoms with E-state index in [0.29, 0.717) is 3.60 Å². The standard InChI is InChI=1S/C15H13N3O.C2H6.2Pb/c1-19-14-6-5-12-9-18(11-17-15(12)8-14)10-13-4-2-3-7-16-13;1-2;;/h2-9H,10H2,1H3;1-2H3;;. The van der Waals surface area contributed by atoms with Crippen molar-refractivity contribution in [2.24, 2.45) is 4.99 Å². The number of aromatic nitrogens is 1. The van der Waals surface area contributed by atoms with Gasteiger partial charge in [0.1, 0.15) is 0 Å². The zero-order valence-corrected chi connectivity index (χ0v) is 21.4. The van der Waals surface area contributed by atoms with E-state index in [1.807, 2.05) is 44.3 Å². The number of aliphatic imine (C=N–C) groups is 1. The Bertz CT molecular complexity index is 677. The second kappa shape index (κ2) is 9.09. The first-order chi connectivity index (χ1) is 11.2. The molecule has 2 aromatic rings. The Labute approximate surface area is 169 Å². The molecule has 2 heterocycles. The van der Waals surface area contributed by atoms with Gasteiger partial charge in [-0.05, 0) is 0 Å². The molecule has 0 fully saturated rings. The van der Waals surface area contributed by atoms with Crippen LogP contribution in [0.25, 0.3) is 0 Å². The fourth-order valence-electron chi connectivity index (χ4n) is 2.28. The Balaban J connectivity index is 0.000000924. The first kappa shape index (κ1) is 18.8. The number of amidine groups is 1. The molecule has 0 aliphatic carbocycles. The molecule has 1 aliphatic heterocycles. The molecule has 0 bridgehead atoms. The summed E-state index contributed by atoms with van der Waals surface area (Å²) < 4.78 is 6.93. The van der Waals surface area contributed by atoms with Crippen LogP contribution in [0.1, 0.15) is 28.7 Å². The average molecular weight is 696 g/mol. The van der Waals surface area contributed by atoms with Gasteiger partial charge >= 0.3 is 157 Å². The van der Waals surface area contributed by atoms with Gasteiger partial charge < -0.3 is 0 Å². The van der Waals surface area contributed by atoms with Crippen LogP contribution < -0.4 is 4.74 Å². The van der Waals surface area contributed by atoms with Crippen molar-refractivity contribution in [2.75, 3.05) is 7.11 Å². The molecule has 0 spiro atoms. The summed E-state index contributed by atoms with van der Waals surface area (Å²) in [7, 11) is 1.70. The second-order valence-corrected chi connectivity index (χ2v) is 8.58. The number of benzene rings is 1. The van der Waals surface area contributed by atoms with Crippen LogP contribution in [0.3, 0.4) is 0 Å². The minimum absolute atomic E-state index is 0.443. The van der Waals surface area contributed by atoms with E-state index in [1.54, 1.807) is 7.11 Å². The van der Waals surface area contributed by atoms with Crippen molar-refractivity contribution in [1.29, 1.82) is 0 Å². The van der Waals surface area contributed by atoms with Gasteiger partial charge in [-0.2, -0.15) is 0 Å². The zero-order valence-electron chi connectivity index (χ0n) is 13.6. The number of fused-ring (bicyclic) bond motifs is 1. The molecule has 1 aliphatic rings. The molecular formula is C17H19N3OPb2. The molecule has 0 N–H and O–H groups in total. The predicted molar refractivity (Wildman–Crippen MR) is 95.5 cm³/mol. The summed E-state index contributed by atoms with van der Waals surface area (Å²) in [5, 5.41) is 0. The quantitative estimate of drug-likeness (QED) is 0.464. The number of hydrogen-bond acceptors (Lipinski definition) is 4. The molecule has 1 atom stereocenters. The van der Waals surface area contributed by atoms with Crippen LogP contribution >= 0.6 is 0 Å². The molecule has 1 aromatic carbocycles. The van der Waals surface area contributed by atoms with Crippen LogP contribution in [0.2, 0.25) is 0 Å². The molecule has 3 rings (SSSR count). The van der Waals surface area contributed by atoms with Gasteiger partial charge in [-0.15, -0.1) is 0 Å². The number of rotatable bonds is 3. The van der Waals surface area contributed by atoms with E-state index in [-0.39, 0.29) is 0 Å². The van der Waals surface area contributed by atoms with Crippen LogP contribution in [0.4, 0.5) is 5.69 Å². The van der Waals surface area contributed by atoms with Crippen molar-refractivity contribution in [3.8, 4) is 5.75 Å². The summed E-state index contributed by atoms with van der Waals surface area (Å²) in [5.41, 5.74) is 3.47. The number of hydrogen-bond donors (Lipinski definition) is 0. The van der Waals surface area contributed by atoms with E-state index in [1.165, 1.54) is 8.96 Å². The van der Waals surface area contributed by atoms with Gasteiger partial charge in [-0.1, -0.05) is 13.8 Å². The summed E-state index contributed by atoms with van der Waals surface area (Å²) >= 11 is 1.99. The van der Waals surface area contributed by atoms with Crippen LogP contribution in [0, 0.1) is 0 Å². The van der Waals surface area contributed by atoms with E-state index in [2.05, 4.69) is 22.0 Å². The third kappa shape index (κ3) is 4.52. The Kier molecular flexibility index (Phi) is 7.44. The molecule has 6 heteroatoms. The van der Waals surface area contributed by atoms with Crippen molar-refractivity contribution in [1.82, 2.24) is 9.88 Å². The van der Waals surface area contributed by atoms with E-state index in [4.69, 9.17) is 9.73 Å². The maximum atomic E-state index is 5.30. The second-order valence-electron chi connectivity index (χ2n) is 4.71. The third-order valence-electron chi connectivity index (χ3n) is 3.40. The summed E-state index contributed by atoms with van der Waals surface area (Å²) in [4.78, 5) is 11.6. The van der Waals surface area contributed by atoms with Crippen molar-refractivity contribution >= 4 is 60.6 Å². The predicted octanol–water partition coefficient (Wildman–Crippen LogP) is 2.96. The molecular weight excluding hydrogens is 677 g/mol. The van der Waals surface area contributed by atoms with Crippen LogP contribution in [0.15, 0.2) is 47.6 Å². The molecule has 0 saturated carbocycles. The van der Waals surface area contributed by atoms with Crippen LogP contribution in [-0.4, -0.2) is 71.9 Å². The maximum absolute atomic E-state index is 5.30. The van der Waals surface area contributed by atoms with Gasteiger partial charge in [-0.3, -0.25) is 0 Å². The van der Waals surface area contributed by atoms with Crippen LogP contribution in [0.5, 0.6) is 5.75 Å². The zero-order chi connectivity index (χ0) is 16.8. The van der Waals surface area contributed by atoms with Gasteiger partial charge in [0.05, 0.1) is 0 Å². The van der Waals surface area contributed by atoms with Crippen molar-refractivity contribution in [3.63, 3.8) is 0 Å². The molecule has 4 nitrogen and oxygen atoms in total. The summed E-state index contributed by atoms with van der Waals surface area (Å²) in [6, 6.07) is 12.3. The number of pyridine rings is 1. The normalized spacial score (nSPS) is 16.0. The SMILES string of the molecule is CC.COc1ccc2c(c1)N=[C]([Pb])N(Cc1ccccn1)[CH]2[Pb]. The van der Waals surface area contributed by atoms with Gasteiger partial charge in [0.15, 0.2) is 0 Å². The number of nitrogens with zero attached hydrogens (tertiary/aromatic N) is 3. The monoisotopic (exact) mass is 697 g/mol. The van der Waals surface area contributed by atoms with Gasteiger partial charge in [-0.25, -0.2) is 0 Å². The summed E-state index contributed by atoms with van der Waals surface area (Å²) in [5.74, 6) is 0.874. The Morgan fingerprint density at radius 3 is 2.65 bits per heavy atom. The third-order valence-corrected chi connectivity index (χ3v) is 7.37. The van der Waals surface area contributed by atoms with Crippen molar-refractivity contribution < 1.29 is 4.74 Å². The topological polar surface area (TPSA) is 37.7 Å². The van der Waals surface area contributed by atoms with E-state index in [9.17, 15) is 0 Å². The van der Waals surface area contributed by atoms with Gasteiger partial charge in [0.25, 0.3) is 0 Å². The average Bonchev–Trinajstić information content (AvgIpc) is 2.60.